The van der Waals surface area contributed by atoms with Crippen molar-refractivity contribution in [3.63, 3.8) is 0 Å². The van der Waals surface area contributed by atoms with Gasteiger partial charge in [-0.1, -0.05) is 17.7 Å². The van der Waals surface area contributed by atoms with Gasteiger partial charge in [-0.25, -0.2) is 8.42 Å². The molecule has 0 heterocycles. The number of benzene rings is 1. The Hall–Kier alpha value is -1.16. The van der Waals surface area contributed by atoms with Gasteiger partial charge < -0.3 is 4.79 Å². The summed E-state index contributed by atoms with van der Waals surface area (Å²) in [7, 11) is -3.28. The van der Waals surface area contributed by atoms with Crippen LogP contribution in [0.3, 0.4) is 0 Å². The van der Waals surface area contributed by atoms with Crippen LogP contribution < -0.4 is 0 Å². The summed E-state index contributed by atoms with van der Waals surface area (Å²) in [5, 5.41) is -0.488. The average molecular weight is 224 g/mol. The van der Waals surface area contributed by atoms with Gasteiger partial charge in [0.1, 0.15) is 6.29 Å². The molecule has 0 aliphatic heterocycles. The molecule has 2 unspecified atom stereocenters. The van der Waals surface area contributed by atoms with E-state index in [4.69, 9.17) is 0 Å². The summed E-state index contributed by atoms with van der Waals surface area (Å²) in [5.74, 6) is -0.295. The summed E-state index contributed by atoms with van der Waals surface area (Å²) in [6.07, 6.45) is 1.20. The minimum absolute atomic E-state index is 0.295. The number of carbonyl (C=O) groups excluding carboxylic acids is 1. The quantitative estimate of drug-likeness (QED) is 0.728. The van der Waals surface area contributed by atoms with Crippen molar-refractivity contribution < 1.29 is 13.2 Å². The van der Waals surface area contributed by atoms with Crippen molar-refractivity contribution in [3.05, 3.63) is 29.8 Å². The molecule has 0 N–H and O–H groups in total. The lowest BCUT2D eigenvalue weighted by Crippen LogP contribution is -2.09. The minimum atomic E-state index is -3.28. The van der Waals surface area contributed by atoms with Crippen molar-refractivity contribution in [1.82, 2.24) is 0 Å². The SMILES string of the molecule is Cc1ccc(S(=O)(=O)C2CC2C=O)cc1. The highest BCUT2D eigenvalue weighted by Crippen LogP contribution is 2.38. The minimum Gasteiger partial charge on any atom is -0.303 e. The van der Waals surface area contributed by atoms with Crippen LogP contribution in [0.25, 0.3) is 0 Å². The Morgan fingerprint density at radius 2 is 1.87 bits per heavy atom. The maximum Gasteiger partial charge on any atom is 0.181 e. The van der Waals surface area contributed by atoms with E-state index in [1.807, 2.05) is 6.92 Å². The van der Waals surface area contributed by atoms with E-state index in [1.165, 1.54) is 0 Å². The van der Waals surface area contributed by atoms with E-state index in [-0.39, 0.29) is 5.92 Å². The molecule has 2 rings (SSSR count). The van der Waals surface area contributed by atoms with Crippen LogP contribution >= 0.6 is 0 Å². The van der Waals surface area contributed by atoms with E-state index in [0.29, 0.717) is 11.3 Å². The Balaban J connectivity index is 2.31. The molecule has 15 heavy (non-hydrogen) atoms. The fourth-order valence-electron chi connectivity index (χ4n) is 1.59. The van der Waals surface area contributed by atoms with Crippen molar-refractivity contribution >= 4 is 16.1 Å². The molecule has 1 aliphatic rings. The van der Waals surface area contributed by atoms with Crippen molar-refractivity contribution in [1.29, 1.82) is 0 Å². The monoisotopic (exact) mass is 224 g/mol. The Bertz CT molecular complexity index is 473. The van der Waals surface area contributed by atoms with Crippen LogP contribution in [0, 0.1) is 12.8 Å². The number of aryl methyl sites for hydroxylation is 1. The third kappa shape index (κ3) is 1.81. The summed E-state index contributed by atoms with van der Waals surface area (Å²) < 4.78 is 23.8. The summed E-state index contributed by atoms with van der Waals surface area (Å²) in [6.45, 7) is 1.90. The molecule has 0 saturated heterocycles. The lowest BCUT2D eigenvalue weighted by atomic mass is 10.2. The molecule has 1 fully saturated rings. The first kappa shape index (κ1) is 10.4. The van der Waals surface area contributed by atoms with Gasteiger partial charge in [0.2, 0.25) is 0 Å². The molecule has 4 heteroatoms. The van der Waals surface area contributed by atoms with Crippen LogP contribution in [0.15, 0.2) is 29.2 Å². The van der Waals surface area contributed by atoms with E-state index in [2.05, 4.69) is 0 Å². The largest absolute Gasteiger partial charge is 0.303 e. The smallest absolute Gasteiger partial charge is 0.181 e. The molecule has 1 aromatic rings. The topological polar surface area (TPSA) is 51.2 Å². The molecule has 1 aliphatic carbocycles. The number of rotatable bonds is 3. The zero-order chi connectivity index (χ0) is 11.1. The second-order valence-electron chi connectivity index (χ2n) is 3.93. The van der Waals surface area contributed by atoms with Gasteiger partial charge in [0.15, 0.2) is 9.84 Å². The van der Waals surface area contributed by atoms with Gasteiger partial charge in [-0.2, -0.15) is 0 Å². The van der Waals surface area contributed by atoms with Gasteiger partial charge in [-0.15, -0.1) is 0 Å². The zero-order valence-corrected chi connectivity index (χ0v) is 9.20. The highest BCUT2D eigenvalue weighted by atomic mass is 32.2. The highest BCUT2D eigenvalue weighted by Gasteiger charge is 2.47. The number of carbonyl (C=O) groups is 1. The van der Waals surface area contributed by atoms with Crippen molar-refractivity contribution in [2.75, 3.05) is 0 Å². The van der Waals surface area contributed by atoms with Crippen LogP contribution in [0.4, 0.5) is 0 Å². The van der Waals surface area contributed by atoms with Crippen LogP contribution in [0.2, 0.25) is 0 Å². The molecule has 80 valence electrons. The number of hydrogen-bond donors (Lipinski definition) is 0. The molecule has 0 amide bonds. The zero-order valence-electron chi connectivity index (χ0n) is 8.38. The third-order valence-corrected chi connectivity index (χ3v) is 4.97. The van der Waals surface area contributed by atoms with E-state index in [9.17, 15) is 13.2 Å². The van der Waals surface area contributed by atoms with Gasteiger partial charge in [-0.3, -0.25) is 0 Å². The summed E-state index contributed by atoms with van der Waals surface area (Å²) in [4.78, 5) is 10.8. The summed E-state index contributed by atoms with van der Waals surface area (Å²) in [5.41, 5.74) is 1.02. The van der Waals surface area contributed by atoms with E-state index in [0.717, 1.165) is 11.8 Å². The Morgan fingerprint density at radius 3 is 2.33 bits per heavy atom. The molecule has 1 aromatic carbocycles. The van der Waals surface area contributed by atoms with E-state index < -0.39 is 15.1 Å². The van der Waals surface area contributed by atoms with Gasteiger partial charge >= 0.3 is 0 Å². The van der Waals surface area contributed by atoms with E-state index >= 15 is 0 Å². The highest BCUT2D eigenvalue weighted by molar-refractivity contribution is 7.92. The molecule has 0 aromatic heterocycles. The second kappa shape index (κ2) is 3.45. The van der Waals surface area contributed by atoms with Crippen LogP contribution in [0.5, 0.6) is 0 Å². The predicted molar refractivity (Wildman–Crippen MR) is 56.3 cm³/mol. The van der Waals surface area contributed by atoms with Crippen molar-refractivity contribution in [2.45, 2.75) is 23.5 Å². The Morgan fingerprint density at radius 1 is 1.27 bits per heavy atom. The van der Waals surface area contributed by atoms with Crippen LogP contribution in [-0.4, -0.2) is 20.0 Å². The first-order valence-corrected chi connectivity index (χ1v) is 6.36. The molecular weight excluding hydrogens is 212 g/mol. The third-order valence-electron chi connectivity index (χ3n) is 2.70. The molecule has 0 bridgehead atoms. The number of hydrogen-bond acceptors (Lipinski definition) is 3. The first-order valence-electron chi connectivity index (χ1n) is 4.81. The van der Waals surface area contributed by atoms with Gasteiger partial charge in [-0.05, 0) is 25.5 Å². The lowest BCUT2D eigenvalue weighted by Gasteiger charge is -2.02. The van der Waals surface area contributed by atoms with Crippen LogP contribution in [0.1, 0.15) is 12.0 Å². The van der Waals surface area contributed by atoms with Crippen molar-refractivity contribution in [2.24, 2.45) is 5.92 Å². The van der Waals surface area contributed by atoms with Crippen LogP contribution in [-0.2, 0) is 14.6 Å². The Labute approximate surface area is 89.0 Å². The van der Waals surface area contributed by atoms with Gasteiger partial charge in [0, 0.05) is 5.92 Å². The molecular formula is C11H12O3S. The first-order chi connectivity index (χ1) is 7.05. The van der Waals surface area contributed by atoms with Crippen molar-refractivity contribution in [3.8, 4) is 0 Å². The van der Waals surface area contributed by atoms with Gasteiger partial charge in [0.25, 0.3) is 0 Å². The molecule has 2 atom stereocenters. The summed E-state index contributed by atoms with van der Waals surface area (Å²) in [6, 6.07) is 6.74. The second-order valence-corrected chi connectivity index (χ2v) is 6.10. The summed E-state index contributed by atoms with van der Waals surface area (Å²) >= 11 is 0. The number of sulfone groups is 1. The fourth-order valence-corrected chi connectivity index (χ4v) is 3.46. The normalized spacial score (nSPS) is 24.9. The maximum atomic E-state index is 11.9. The lowest BCUT2D eigenvalue weighted by molar-refractivity contribution is -0.108. The molecule has 0 spiro atoms. The molecule has 3 nitrogen and oxygen atoms in total. The Kier molecular flexibility index (Phi) is 2.38. The predicted octanol–water partition coefficient (Wildman–Crippen LogP) is 1.36. The maximum absolute atomic E-state index is 11.9. The fraction of sp³-hybridized carbons (Fsp3) is 0.364. The molecule has 0 radical (unpaired) electrons. The standard InChI is InChI=1S/C11H12O3S/c1-8-2-4-10(5-3-8)15(13,14)11-6-9(11)7-12/h2-5,7,9,11H,6H2,1H3. The van der Waals surface area contributed by atoms with E-state index in [1.54, 1.807) is 24.3 Å². The number of aldehydes is 1. The average Bonchev–Trinajstić information content (AvgIpc) is 2.98. The van der Waals surface area contributed by atoms with Gasteiger partial charge in [0.05, 0.1) is 10.1 Å². The molecule has 1 saturated carbocycles.